The number of hydrogen-bond acceptors (Lipinski definition) is 2. The van der Waals surface area contributed by atoms with E-state index in [0.29, 0.717) is 5.41 Å². The van der Waals surface area contributed by atoms with Gasteiger partial charge < -0.3 is 5.32 Å². The Hall–Kier alpha value is 0.310. The molecule has 1 saturated carbocycles. The average Bonchev–Trinajstić information content (AvgIpc) is 2.03. The molecule has 0 bridgehead atoms. The van der Waals surface area contributed by atoms with Crippen molar-refractivity contribution in [3.05, 3.63) is 0 Å². The van der Waals surface area contributed by atoms with Gasteiger partial charge in [-0.2, -0.15) is 11.8 Å². The zero-order chi connectivity index (χ0) is 9.19. The van der Waals surface area contributed by atoms with Gasteiger partial charge in [-0.3, -0.25) is 0 Å². The Balaban J connectivity index is 2.53. The van der Waals surface area contributed by atoms with Crippen molar-refractivity contribution in [2.45, 2.75) is 44.4 Å². The summed E-state index contributed by atoms with van der Waals surface area (Å²) < 4.78 is 0. The quantitative estimate of drug-likeness (QED) is 0.713. The highest BCUT2D eigenvalue weighted by Crippen LogP contribution is 2.39. The molecule has 1 nitrogen and oxygen atoms in total. The summed E-state index contributed by atoms with van der Waals surface area (Å²) >= 11 is 2.02. The van der Waals surface area contributed by atoms with Crippen molar-refractivity contribution in [3.8, 4) is 0 Å². The van der Waals surface area contributed by atoms with E-state index in [1.54, 1.807) is 0 Å². The first-order valence-corrected chi connectivity index (χ1v) is 6.08. The van der Waals surface area contributed by atoms with Gasteiger partial charge in [0.15, 0.2) is 0 Å². The first kappa shape index (κ1) is 10.4. The highest BCUT2D eigenvalue weighted by Gasteiger charge is 2.33. The third-order valence-corrected chi connectivity index (χ3v) is 4.11. The Kier molecular flexibility index (Phi) is 3.47. The molecule has 0 spiro atoms. The molecule has 1 aliphatic carbocycles. The van der Waals surface area contributed by atoms with Crippen LogP contribution in [0, 0.1) is 5.41 Å². The normalized spacial score (nSPS) is 35.0. The number of hydrogen-bond donors (Lipinski definition) is 1. The zero-order valence-corrected chi connectivity index (χ0v) is 9.50. The second-order valence-electron chi connectivity index (χ2n) is 4.58. The fourth-order valence-corrected chi connectivity index (χ4v) is 3.32. The highest BCUT2D eigenvalue weighted by atomic mass is 32.2. The van der Waals surface area contributed by atoms with Gasteiger partial charge in [-0.25, -0.2) is 0 Å². The van der Waals surface area contributed by atoms with Crippen molar-refractivity contribution in [2.24, 2.45) is 5.41 Å². The summed E-state index contributed by atoms with van der Waals surface area (Å²) in [5.74, 6) is 0. The number of thioether (sulfide) groups is 1. The molecule has 2 unspecified atom stereocenters. The SMILES string of the molecule is CNC1CCC(C)(C)CC1SC. The molecule has 0 aromatic rings. The lowest BCUT2D eigenvalue weighted by Crippen LogP contribution is -2.43. The molecule has 1 N–H and O–H groups in total. The maximum Gasteiger partial charge on any atom is 0.0203 e. The van der Waals surface area contributed by atoms with Gasteiger partial charge in [0.1, 0.15) is 0 Å². The van der Waals surface area contributed by atoms with E-state index in [4.69, 9.17) is 0 Å². The Morgan fingerprint density at radius 1 is 1.42 bits per heavy atom. The Morgan fingerprint density at radius 3 is 2.58 bits per heavy atom. The van der Waals surface area contributed by atoms with Crippen LogP contribution in [0.4, 0.5) is 0 Å². The molecule has 0 aromatic carbocycles. The fraction of sp³-hybridized carbons (Fsp3) is 1.00. The molecular formula is C10H21NS. The molecule has 2 heteroatoms. The van der Waals surface area contributed by atoms with Crippen molar-refractivity contribution in [2.75, 3.05) is 13.3 Å². The topological polar surface area (TPSA) is 12.0 Å². The molecular weight excluding hydrogens is 166 g/mol. The van der Waals surface area contributed by atoms with Crippen molar-refractivity contribution >= 4 is 11.8 Å². The predicted octanol–water partition coefficient (Wildman–Crippen LogP) is 2.52. The lowest BCUT2D eigenvalue weighted by Gasteiger charge is -2.39. The molecule has 0 saturated heterocycles. The largest absolute Gasteiger partial charge is 0.316 e. The Morgan fingerprint density at radius 2 is 2.08 bits per heavy atom. The van der Waals surface area contributed by atoms with Gasteiger partial charge >= 0.3 is 0 Å². The molecule has 0 amide bonds. The minimum Gasteiger partial charge on any atom is -0.316 e. The molecule has 0 radical (unpaired) electrons. The molecule has 72 valence electrons. The molecule has 0 aliphatic heterocycles. The van der Waals surface area contributed by atoms with Gasteiger partial charge in [0.25, 0.3) is 0 Å². The van der Waals surface area contributed by atoms with Crippen LogP contribution in [0.15, 0.2) is 0 Å². The van der Waals surface area contributed by atoms with Crippen LogP contribution in [0.3, 0.4) is 0 Å². The zero-order valence-electron chi connectivity index (χ0n) is 8.68. The van der Waals surface area contributed by atoms with Gasteiger partial charge in [-0.1, -0.05) is 13.8 Å². The molecule has 1 rings (SSSR count). The summed E-state index contributed by atoms with van der Waals surface area (Å²) in [4.78, 5) is 0. The van der Waals surface area contributed by atoms with E-state index in [1.807, 2.05) is 11.8 Å². The van der Waals surface area contributed by atoms with Crippen LogP contribution in [-0.4, -0.2) is 24.6 Å². The minimum atomic E-state index is 0.570. The third kappa shape index (κ3) is 2.40. The summed E-state index contributed by atoms with van der Waals surface area (Å²) in [6, 6.07) is 0.744. The van der Waals surface area contributed by atoms with Crippen molar-refractivity contribution in [1.82, 2.24) is 5.32 Å². The van der Waals surface area contributed by atoms with Gasteiger partial charge in [-0.15, -0.1) is 0 Å². The summed E-state index contributed by atoms with van der Waals surface area (Å²) in [5.41, 5.74) is 0.570. The molecule has 0 heterocycles. The van der Waals surface area contributed by atoms with E-state index < -0.39 is 0 Å². The van der Waals surface area contributed by atoms with E-state index in [1.165, 1.54) is 19.3 Å². The lowest BCUT2D eigenvalue weighted by molar-refractivity contribution is 0.219. The molecule has 1 aliphatic rings. The Labute approximate surface area is 80.7 Å². The van der Waals surface area contributed by atoms with Crippen LogP contribution < -0.4 is 5.32 Å². The van der Waals surface area contributed by atoms with E-state index >= 15 is 0 Å². The summed E-state index contributed by atoms with van der Waals surface area (Å²) in [6.07, 6.45) is 6.31. The summed E-state index contributed by atoms with van der Waals surface area (Å²) in [7, 11) is 2.09. The van der Waals surface area contributed by atoms with Gasteiger partial charge in [0.2, 0.25) is 0 Å². The van der Waals surface area contributed by atoms with E-state index in [-0.39, 0.29) is 0 Å². The smallest absolute Gasteiger partial charge is 0.0203 e. The van der Waals surface area contributed by atoms with Gasteiger partial charge in [0.05, 0.1) is 0 Å². The first-order valence-electron chi connectivity index (χ1n) is 4.79. The average molecular weight is 187 g/mol. The van der Waals surface area contributed by atoms with Crippen LogP contribution in [-0.2, 0) is 0 Å². The fourth-order valence-electron chi connectivity index (χ4n) is 2.10. The lowest BCUT2D eigenvalue weighted by atomic mass is 9.75. The maximum absolute atomic E-state index is 3.42. The van der Waals surface area contributed by atoms with Gasteiger partial charge in [-0.05, 0) is 38.0 Å². The van der Waals surface area contributed by atoms with E-state index in [0.717, 1.165) is 11.3 Å². The van der Waals surface area contributed by atoms with Crippen LogP contribution in [0.2, 0.25) is 0 Å². The van der Waals surface area contributed by atoms with Crippen LogP contribution in [0.1, 0.15) is 33.1 Å². The number of rotatable bonds is 2. The molecule has 0 aromatic heterocycles. The van der Waals surface area contributed by atoms with Crippen LogP contribution in [0.5, 0.6) is 0 Å². The Bertz CT molecular complexity index is 145. The predicted molar refractivity (Wildman–Crippen MR) is 57.8 cm³/mol. The second-order valence-corrected chi connectivity index (χ2v) is 5.65. The van der Waals surface area contributed by atoms with Crippen molar-refractivity contribution < 1.29 is 0 Å². The molecule has 12 heavy (non-hydrogen) atoms. The minimum absolute atomic E-state index is 0.570. The maximum atomic E-state index is 3.42. The first-order chi connectivity index (χ1) is 5.59. The summed E-state index contributed by atoms with van der Waals surface area (Å²) in [5, 5.41) is 4.24. The summed E-state index contributed by atoms with van der Waals surface area (Å²) in [6.45, 7) is 4.78. The monoisotopic (exact) mass is 187 g/mol. The van der Waals surface area contributed by atoms with E-state index in [2.05, 4.69) is 32.5 Å². The second kappa shape index (κ2) is 4.01. The van der Waals surface area contributed by atoms with Crippen LogP contribution in [0.25, 0.3) is 0 Å². The van der Waals surface area contributed by atoms with Crippen molar-refractivity contribution in [3.63, 3.8) is 0 Å². The third-order valence-electron chi connectivity index (χ3n) is 3.01. The molecule has 1 fully saturated rings. The highest BCUT2D eigenvalue weighted by molar-refractivity contribution is 7.99. The van der Waals surface area contributed by atoms with E-state index in [9.17, 15) is 0 Å². The van der Waals surface area contributed by atoms with Crippen molar-refractivity contribution in [1.29, 1.82) is 0 Å². The molecule has 2 atom stereocenters. The van der Waals surface area contributed by atoms with Crippen LogP contribution >= 0.6 is 11.8 Å². The van der Waals surface area contributed by atoms with Gasteiger partial charge in [0, 0.05) is 11.3 Å². The number of nitrogens with one attached hydrogen (secondary N) is 1. The standard InChI is InChI=1S/C10H21NS/c1-10(2)6-5-8(11-3)9(7-10)12-4/h8-9,11H,5-7H2,1-4H3.